The molecule has 5 nitrogen and oxygen atoms in total. The second-order valence-electron chi connectivity index (χ2n) is 5.04. The summed E-state index contributed by atoms with van der Waals surface area (Å²) >= 11 is 0. The molecule has 1 unspecified atom stereocenters. The number of carbonyl (C=O) groups is 2. The van der Waals surface area contributed by atoms with E-state index in [0.717, 1.165) is 12.8 Å². The van der Waals surface area contributed by atoms with Crippen molar-refractivity contribution in [2.45, 2.75) is 26.2 Å². The van der Waals surface area contributed by atoms with Gasteiger partial charge in [0.2, 0.25) is 5.91 Å². The molecule has 1 amide bonds. The van der Waals surface area contributed by atoms with Crippen LogP contribution in [0, 0.1) is 17.2 Å². The van der Waals surface area contributed by atoms with Gasteiger partial charge in [0.1, 0.15) is 0 Å². The second kappa shape index (κ2) is 6.89. The molecular weight excluding hydrogens is 268 g/mol. The largest absolute Gasteiger partial charge is 0.462 e. The Morgan fingerprint density at radius 1 is 1.48 bits per heavy atom. The molecule has 5 heteroatoms. The minimum atomic E-state index is -0.424. The second-order valence-corrected chi connectivity index (χ2v) is 5.04. The van der Waals surface area contributed by atoms with Crippen LogP contribution in [0.3, 0.4) is 0 Å². The Morgan fingerprint density at radius 2 is 2.24 bits per heavy atom. The molecule has 1 heterocycles. The summed E-state index contributed by atoms with van der Waals surface area (Å²) in [5, 5.41) is 8.95. The maximum atomic E-state index is 12.1. The van der Waals surface area contributed by atoms with Gasteiger partial charge in [0.25, 0.3) is 0 Å². The Hall–Kier alpha value is -2.35. The first-order valence-corrected chi connectivity index (χ1v) is 7.13. The predicted molar refractivity (Wildman–Crippen MR) is 77.7 cm³/mol. The molecule has 1 aliphatic heterocycles. The van der Waals surface area contributed by atoms with Crippen molar-refractivity contribution in [3.8, 4) is 6.07 Å². The standard InChI is InChI=1S/C16H18N2O3/c1-2-3-8-21-16(20)13-6-4-5-7-14(13)18-11-12(10-17)9-15(18)19/h4-7,12H,2-3,8-9,11H2,1H3. The summed E-state index contributed by atoms with van der Waals surface area (Å²) in [6.07, 6.45) is 1.96. The number of hydrogen-bond donors (Lipinski definition) is 0. The molecule has 1 aromatic carbocycles. The molecule has 2 rings (SSSR count). The normalized spacial score (nSPS) is 17.6. The van der Waals surface area contributed by atoms with Crippen molar-refractivity contribution in [1.29, 1.82) is 5.26 Å². The number of hydrogen-bond acceptors (Lipinski definition) is 4. The van der Waals surface area contributed by atoms with Gasteiger partial charge in [-0.1, -0.05) is 25.5 Å². The fourth-order valence-corrected chi connectivity index (χ4v) is 2.30. The first-order chi connectivity index (χ1) is 10.2. The highest BCUT2D eigenvalue weighted by Gasteiger charge is 2.32. The van der Waals surface area contributed by atoms with E-state index in [1.807, 2.05) is 6.92 Å². The average Bonchev–Trinajstić information content (AvgIpc) is 2.88. The van der Waals surface area contributed by atoms with Crippen LogP contribution >= 0.6 is 0 Å². The highest BCUT2D eigenvalue weighted by molar-refractivity contribution is 6.03. The van der Waals surface area contributed by atoms with E-state index in [1.54, 1.807) is 24.3 Å². The molecule has 1 atom stereocenters. The lowest BCUT2D eigenvalue weighted by Gasteiger charge is -2.19. The number of rotatable bonds is 5. The van der Waals surface area contributed by atoms with Crippen molar-refractivity contribution in [3.05, 3.63) is 29.8 Å². The zero-order valence-corrected chi connectivity index (χ0v) is 12.0. The molecule has 0 aliphatic carbocycles. The van der Waals surface area contributed by atoms with Gasteiger partial charge in [-0.25, -0.2) is 4.79 Å². The molecule has 1 saturated heterocycles. The molecule has 0 saturated carbocycles. The van der Waals surface area contributed by atoms with E-state index in [4.69, 9.17) is 10.00 Å². The van der Waals surface area contributed by atoms with E-state index in [1.165, 1.54) is 4.90 Å². The van der Waals surface area contributed by atoms with Crippen molar-refractivity contribution in [1.82, 2.24) is 0 Å². The van der Waals surface area contributed by atoms with E-state index in [-0.39, 0.29) is 18.2 Å². The van der Waals surface area contributed by atoms with Gasteiger partial charge in [-0.05, 0) is 18.6 Å². The van der Waals surface area contributed by atoms with Crippen LogP contribution in [0.15, 0.2) is 24.3 Å². The third-order valence-corrected chi connectivity index (χ3v) is 3.45. The molecule has 0 aromatic heterocycles. The topological polar surface area (TPSA) is 70.4 Å². The van der Waals surface area contributed by atoms with Gasteiger partial charge in [-0.3, -0.25) is 4.79 Å². The number of ether oxygens (including phenoxy) is 1. The summed E-state index contributed by atoms with van der Waals surface area (Å²) in [4.78, 5) is 25.6. The summed E-state index contributed by atoms with van der Waals surface area (Å²) in [6, 6.07) is 8.98. The van der Waals surface area contributed by atoms with Gasteiger partial charge < -0.3 is 9.64 Å². The number of unbranched alkanes of at least 4 members (excludes halogenated alkanes) is 1. The van der Waals surface area contributed by atoms with Crippen LogP contribution in [0.4, 0.5) is 5.69 Å². The van der Waals surface area contributed by atoms with Crippen molar-refractivity contribution >= 4 is 17.6 Å². The van der Waals surface area contributed by atoms with Crippen LogP contribution in [0.2, 0.25) is 0 Å². The molecule has 21 heavy (non-hydrogen) atoms. The van der Waals surface area contributed by atoms with Gasteiger partial charge in [-0.15, -0.1) is 0 Å². The minimum Gasteiger partial charge on any atom is -0.462 e. The zero-order chi connectivity index (χ0) is 15.2. The Kier molecular flexibility index (Phi) is 4.94. The van der Waals surface area contributed by atoms with E-state index >= 15 is 0 Å². The van der Waals surface area contributed by atoms with Crippen molar-refractivity contribution in [3.63, 3.8) is 0 Å². The van der Waals surface area contributed by atoms with Gasteiger partial charge in [0, 0.05) is 13.0 Å². The minimum absolute atomic E-state index is 0.129. The van der Waals surface area contributed by atoms with E-state index < -0.39 is 5.97 Å². The number of nitriles is 1. The quantitative estimate of drug-likeness (QED) is 0.616. The highest BCUT2D eigenvalue weighted by atomic mass is 16.5. The van der Waals surface area contributed by atoms with E-state index in [2.05, 4.69) is 6.07 Å². The first kappa shape index (κ1) is 15.0. The van der Waals surface area contributed by atoms with Crippen molar-refractivity contribution in [2.24, 2.45) is 5.92 Å². The van der Waals surface area contributed by atoms with Gasteiger partial charge >= 0.3 is 5.97 Å². The maximum Gasteiger partial charge on any atom is 0.340 e. The molecule has 0 spiro atoms. The summed E-state index contributed by atoms with van der Waals surface area (Å²) < 4.78 is 5.22. The number of amides is 1. The Balaban J connectivity index is 2.19. The van der Waals surface area contributed by atoms with E-state index in [9.17, 15) is 9.59 Å². The lowest BCUT2D eigenvalue weighted by molar-refractivity contribution is -0.117. The van der Waals surface area contributed by atoms with Gasteiger partial charge in [-0.2, -0.15) is 5.26 Å². The molecular formula is C16H18N2O3. The highest BCUT2D eigenvalue weighted by Crippen LogP contribution is 2.28. The van der Waals surface area contributed by atoms with Crippen LogP contribution in [0.25, 0.3) is 0 Å². The van der Waals surface area contributed by atoms with Crippen molar-refractivity contribution in [2.75, 3.05) is 18.1 Å². The number of anilines is 1. The van der Waals surface area contributed by atoms with Crippen LogP contribution in [0.5, 0.6) is 0 Å². The molecule has 0 bridgehead atoms. The number of esters is 1. The maximum absolute atomic E-state index is 12.1. The molecule has 1 fully saturated rings. The summed E-state index contributed by atoms with van der Waals surface area (Å²) in [5.74, 6) is -0.871. The van der Waals surface area contributed by atoms with E-state index in [0.29, 0.717) is 24.4 Å². The Bertz CT molecular complexity index is 577. The number of nitrogens with zero attached hydrogens (tertiary/aromatic N) is 2. The third-order valence-electron chi connectivity index (χ3n) is 3.45. The Morgan fingerprint density at radius 3 is 2.90 bits per heavy atom. The number of para-hydroxylation sites is 1. The fraction of sp³-hybridized carbons (Fsp3) is 0.438. The first-order valence-electron chi connectivity index (χ1n) is 7.13. The van der Waals surface area contributed by atoms with Crippen LogP contribution in [-0.4, -0.2) is 25.0 Å². The smallest absolute Gasteiger partial charge is 0.340 e. The summed E-state index contributed by atoms with van der Waals surface area (Å²) in [5.41, 5.74) is 0.905. The third kappa shape index (κ3) is 3.40. The number of carbonyl (C=O) groups excluding carboxylic acids is 2. The number of benzene rings is 1. The van der Waals surface area contributed by atoms with Gasteiger partial charge in [0.15, 0.2) is 0 Å². The fourth-order valence-electron chi connectivity index (χ4n) is 2.30. The lowest BCUT2D eigenvalue weighted by atomic mass is 10.1. The molecule has 110 valence electrons. The monoisotopic (exact) mass is 286 g/mol. The van der Waals surface area contributed by atoms with Crippen LogP contribution in [0.1, 0.15) is 36.5 Å². The Labute approximate surface area is 124 Å². The molecule has 0 radical (unpaired) electrons. The average molecular weight is 286 g/mol. The predicted octanol–water partition coefficient (Wildman–Crippen LogP) is 2.52. The van der Waals surface area contributed by atoms with Crippen molar-refractivity contribution < 1.29 is 14.3 Å². The molecule has 1 aliphatic rings. The zero-order valence-electron chi connectivity index (χ0n) is 12.0. The van der Waals surface area contributed by atoms with Crippen LogP contribution in [-0.2, 0) is 9.53 Å². The van der Waals surface area contributed by atoms with Crippen LogP contribution < -0.4 is 4.90 Å². The molecule has 1 aromatic rings. The summed E-state index contributed by atoms with van der Waals surface area (Å²) in [6.45, 7) is 2.72. The summed E-state index contributed by atoms with van der Waals surface area (Å²) in [7, 11) is 0. The van der Waals surface area contributed by atoms with Gasteiger partial charge in [0.05, 0.1) is 29.8 Å². The SMILES string of the molecule is CCCCOC(=O)c1ccccc1N1CC(C#N)CC1=O. The molecule has 0 N–H and O–H groups in total. The lowest BCUT2D eigenvalue weighted by Crippen LogP contribution is -2.26.